The average Bonchev–Trinajstić information content (AvgIpc) is 2.19. The SMILES string of the molecule is NCC(O)CCSC1CCCCC1. The average molecular weight is 203 g/mol. The fourth-order valence-corrected chi connectivity index (χ4v) is 3.13. The predicted molar refractivity (Wildman–Crippen MR) is 59.0 cm³/mol. The van der Waals surface area contributed by atoms with Crippen LogP contribution in [0.25, 0.3) is 0 Å². The van der Waals surface area contributed by atoms with E-state index in [9.17, 15) is 5.11 Å². The van der Waals surface area contributed by atoms with Crippen LogP contribution in [0, 0.1) is 0 Å². The van der Waals surface area contributed by atoms with Crippen molar-refractivity contribution in [1.29, 1.82) is 0 Å². The maximum Gasteiger partial charge on any atom is 0.0670 e. The standard InChI is InChI=1S/C10H21NOS/c11-8-9(12)6-7-13-10-4-2-1-3-5-10/h9-10,12H,1-8,11H2. The minimum absolute atomic E-state index is 0.281. The van der Waals surface area contributed by atoms with E-state index in [0.717, 1.165) is 17.4 Å². The highest BCUT2D eigenvalue weighted by molar-refractivity contribution is 7.99. The van der Waals surface area contributed by atoms with Crippen molar-refractivity contribution in [3.63, 3.8) is 0 Å². The van der Waals surface area contributed by atoms with Crippen LogP contribution < -0.4 is 5.73 Å². The number of rotatable bonds is 5. The van der Waals surface area contributed by atoms with Gasteiger partial charge in [-0.15, -0.1) is 0 Å². The number of hydrogen-bond acceptors (Lipinski definition) is 3. The number of thioether (sulfide) groups is 1. The zero-order chi connectivity index (χ0) is 9.52. The van der Waals surface area contributed by atoms with Crippen LogP contribution in [0.5, 0.6) is 0 Å². The first-order chi connectivity index (χ1) is 6.33. The van der Waals surface area contributed by atoms with Gasteiger partial charge in [-0.3, -0.25) is 0 Å². The molecule has 0 bridgehead atoms. The van der Waals surface area contributed by atoms with E-state index in [1.165, 1.54) is 32.1 Å². The molecule has 0 aromatic rings. The van der Waals surface area contributed by atoms with Crippen LogP contribution in [0.4, 0.5) is 0 Å². The summed E-state index contributed by atoms with van der Waals surface area (Å²) in [6.07, 6.45) is 7.55. The van der Waals surface area contributed by atoms with E-state index < -0.39 is 0 Å². The monoisotopic (exact) mass is 203 g/mol. The fraction of sp³-hybridized carbons (Fsp3) is 1.00. The Labute approximate surface area is 85.3 Å². The van der Waals surface area contributed by atoms with Crippen LogP contribution in [-0.4, -0.2) is 28.8 Å². The molecule has 1 aliphatic rings. The molecule has 1 rings (SSSR count). The van der Waals surface area contributed by atoms with Crippen molar-refractivity contribution >= 4 is 11.8 Å². The molecule has 78 valence electrons. The second-order valence-corrected chi connectivity index (χ2v) is 5.22. The lowest BCUT2D eigenvalue weighted by molar-refractivity contribution is 0.180. The van der Waals surface area contributed by atoms with E-state index in [4.69, 9.17) is 5.73 Å². The number of aliphatic hydroxyl groups excluding tert-OH is 1. The van der Waals surface area contributed by atoms with Gasteiger partial charge in [-0.1, -0.05) is 19.3 Å². The Morgan fingerprint density at radius 1 is 1.31 bits per heavy atom. The van der Waals surface area contributed by atoms with Crippen molar-refractivity contribution in [3.8, 4) is 0 Å². The van der Waals surface area contributed by atoms with Gasteiger partial charge in [0.15, 0.2) is 0 Å². The topological polar surface area (TPSA) is 46.2 Å². The second kappa shape index (κ2) is 6.68. The molecule has 0 amide bonds. The second-order valence-electron chi connectivity index (χ2n) is 3.81. The summed E-state index contributed by atoms with van der Waals surface area (Å²) < 4.78 is 0. The summed E-state index contributed by atoms with van der Waals surface area (Å²) in [5.41, 5.74) is 5.33. The summed E-state index contributed by atoms with van der Waals surface area (Å²) >= 11 is 2.03. The first-order valence-corrected chi connectivity index (χ1v) is 6.37. The lowest BCUT2D eigenvalue weighted by atomic mass is 10.0. The van der Waals surface area contributed by atoms with Gasteiger partial charge in [0.1, 0.15) is 0 Å². The molecule has 13 heavy (non-hydrogen) atoms. The van der Waals surface area contributed by atoms with Crippen molar-refractivity contribution < 1.29 is 5.11 Å². The van der Waals surface area contributed by atoms with Gasteiger partial charge in [-0.05, 0) is 25.0 Å². The first kappa shape index (κ1) is 11.3. The quantitative estimate of drug-likeness (QED) is 0.716. The predicted octanol–water partition coefficient (Wildman–Crippen LogP) is 1.76. The molecule has 0 spiro atoms. The number of nitrogens with two attached hydrogens (primary N) is 1. The lowest BCUT2D eigenvalue weighted by Crippen LogP contribution is -2.20. The zero-order valence-corrected chi connectivity index (χ0v) is 9.06. The van der Waals surface area contributed by atoms with Crippen molar-refractivity contribution in [2.24, 2.45) is 5.73 Å². The Hall–Kier alpha value is 0.270. The third-order valence-electron chi connectivity index (χ3n) is 2.63. The molecule has 0 aliphatic heterocycles. The minimum Gasteiger partial charge on any atom is -0.392 e. The number of aliphatic hydroxyl groups is 1. The lowest BCUT2D eigenvalue weighted by Gasteiger charge is -2.21. The summed E-state index contributed by atoms with van der Waals surface area (Å²) in [7, 11) is 0. The largest absolute Gasteiger partial charge is 0.392 e. The molecule has 1 atom stereocenters. The molecule has 1 saturated carbocycles. The Morgan fingerprint density at radius 3 is 2.62 bits per heavy atom. The maximum absolute atomic E-state index is 9.25. The van der Waals surface area contributed by atoms with E-state index in [1.807, 2.05) is 11.8 Å². The van der Waals surface area contributed by atoms with Crippen molar-refractivity contribution in [3.05, 3.63) is 0 Å². The van der Waals surface area contributed by atoms with Crippen LogP contribution in [0.2, 0.25) is 0 Å². The van der Waals surface area contributed by atoms with Gasteiger partial charge in [0.25, 0.3) is 0 Å². The summed E-state index contributed by atoms with van der Waals surface area (Å²) in [4.78, 5) is 0. The highest BCUT2D eigenvalue weighted by Gasteiger charge is 2.13. The van der Waals surface area contributed by atoms with Crippen LogP contribution in [0.1, 0.15) is 38.5 Å². The molecule has 0 radical (unpaired) electrons. The molecule has 3 N–H and O–H groups in total. The highest BCUT2D eigenvalue weighted by atomic mass is 32.2. The van der Waals surface area contributed by atoms with E-state index >= 15 is 0 Å². The highest BCUT2D eigenvalue weighted by Crippen LogP contribution is 2.28. The van der Waals surface area contributed by atoms with Gasteiger partial charge >= 0.3 is 0 Å². The molecule has 0 aromatic carbocycles. The molecule has 1 aliphatic carbocycles. The summed E-state index contributed by atoms with van der Waals surface area (Å²) in [5.74, 6) is 1.07. The van der Waals surface area contributed by atoms with Gasteiger partial charge in [-0.2, -0.15) is 11.8 Å². The summed E-state index contributed by atoms with van der Waals surface area (Å²) in [5, 5.41) is 10.1. The molecule has 0 heterocycles. The molecule has 1 unspecified atom stereocenters. The Morgan fingerprint density at radius 2 is 2.00 bits per heavy atom. The van der Waals surface area contributed by atoms with E-state index in [0.29, 0.717) is 6.54 Å². The molecule has 0 aromatic heterocycles. The summed E-state index contributed by atoms with van der Waals surface area (Å²) in [6.45, 7) is 0.408. The van der Waals surface area contributed by atoms with E-state index in [2.05, 4.69) is 0 Å². The molecule has 3 heteroatoms. The first-order valence-electron chi connectivity index (χ1n) is 5.32. The normalized spacial score (nSPS) is 21.7. The summed E-state index contributed by atoms with van der Waals surface area (Å²) in [6, 6.07) is 0. The van der Waals surface area contributed by atoms with Gasteiger partial charge < -0.3 is 10.8 Å². The van der Waals surface area contributed by atoms with Gasteiger partial charge in [0, 0.05) is 11.8 Å². The van der Waals surface area contributed by atoms with Crippen molar-refractivity contribution in [2.75, 3.05) is 12.3 Å². The smallest absolute Gasteiger partial charge is 0.0670 e. The maximum atomic E-state index is 9.25. The molecular weight excluding hydrogens is 182 g/mol. The molecule has 2 nitrogen and oxygen atoms in total. The third kappa shape index (κ3) is 4.89. The van der Waals surface area contributed by atoms with Gasteiger partial charge in [0.05, 0.1) is 6.10 Å². The van der Waals surface area contributed by atoms with Crippen LogP contribution in [0.15, 0.2) is 0 Å². The molecular formula is C10H21NOS. The van der Waals surface area contributed by atoms with Crippen LogP contribution in [0.3, 0.4) is 0 Å². The zero-order valence-electron chi connectivity index (χ0n) is 8.24. The van der Waals surface area contributed by atoms with Gasteiger partial charge in [-0.25, -0.2) is 0 Å². The minimum atomic E-state index is -0.281. The van der Waals surface area contributed by atoms with Gasteiger partial charge in [0.2, 0.25) is 0 Å². The van der Waals surface area contributed by atoms with Crippen LogP contribution in [-0.2, 0) is 0 Å². The Bertz CT molecular complexity index is 126. The third-order valence-corrected chi connectivity index (χ3v) is 4.04. The van der Waals surface area contributed by atoms with Crippen LogP contribution >= 0.6 is 11.8 Å². The Kier molecular flexibility index (Phi) is 5.83. The Balaban J connectivity index is 1.98. The fourth-order valence-electron chi connectivity index (χ4n) is 1.72. The van der Waals surface area contributed by atoms with E-state index in [-0.39, 0.29) is 6.10 Å². The molecule has 0 saturated heterocycles. The van der Waals surface area contributed by atoms with E-state index in [1.54, 1.807) is 0 Å². The molecule has 1 fully saturated rings. The van der Waals surface area contributed by atoms with Crippen molar-refractivity contribution in [2.45, 2.75) is 49.9 Å². The van der Waals surface area contributed by atoms with Crippen molar-refractivity contribution in [1.82, 2.24) is 0 Å². The number of hydrogen-bond donors (Lipinski definition) is 2.